The number of phenolic OH excluding ortho intramolecular Hbond substituents is 1. The lowest BCUT2D eigenvalue weighted by Crippen LogP contribution is -1.92. The predicted molar refractivity (Wildman–Crippen MR) is 53.0 cm³/mol. The van der Waals surface area contributed by atoms with Gasteiger partial charge in [-0.3, -0.25) is 0 Å². The van der Waals surface area contributed by atoms with Gasteiger partial charge in [-0.2, -0.15) is 0 Å². The summed E-state index contributed by atoms with van der Waals surface area (Å²) in [5.74, 6) is 0.350. The van der Waals surface area contributed by atoms with Crippen LogP contribution in [-0.2, 0) is 6.54 Å². The second-order valence-electron chi connectivity index (χ2n) is 2.76. The van der Waals surface area contributed by atoms with Crippen molar-refractivity contribution in [2.24, 2.45) is 5.73 Å². The summed E-state index contributed by atoms with van der Waals surface area (Å²) >= 11 is 1.45. The molecule has 0 aliphatic carbocycles. The first kappa shape index (κ1) is 8.34. The normalized spacial score (nSPS) is 10.8. The Hall–Kier alpha value is -1.26. The largest absolute Gasteiger partial charge is 0.508 e. The summed E-state index contributed by atoms with van der Waals surface area (Å²) in [7, 11) is 0. The molecule has 3 nitrogen and oxygen atoms in total. The minimum atomic E-state index is 0.157. The molecule has 0 amide bonds. The van der Waals surface area contributed by atoms with E-state index in [4.69, 9.17) is 5.73 Å². The molecular formula is C9H9NO2S. The fourth-order valence-corrected chi connectivity index (χ4v) is 2.22. The van der Waals surface area contributed by atoms with Crippen molar-refractivity contribution in [1.82, 2.24) is 0 Å². The fraction of sp³-hybridized carbons (Fsp3) is 0.111. The van der Waals surface area contributed by atoms with E-state index in [0.717, 1.165) is 9.58 Å². The number of phenols is 1. The average Bonchev–Trinajstić information content (AvgIpc) is 2.44. The van der Waals surface area contributed by atoms with Crippen LogP contribution in [-0.4, -0.2) is 10.2 Å². The number of benzene rings is 1. The minimum absolute atomic E-state index is 0.157. The maximum absolute atomic E-state index is 9.63. The van der Waals surface area contributed by atoms with E-state index in [1.165, 1.54) is 11.3 Å². The number of aromatic hydroxyl groups is 2. The van der Waals surface area contributed by atoms with E-state index in [0.29, 0.717) is 11.9 Å². The summed E-state index contributed by atoms with van der Waals surface area (Å²) in [4.78, 5) is 0.751. The van der Waals surface area contributed by atoms with E-state index in [1.54, 1.807) is 18.2 Å². The minimum Gasteiger partial charge on any atom is -0.508 e. The molecule has 0 atom stereocenters. The fourth-order valence-electron chi connectivity index (χ4n) is 1.26. The maximum atomic E-state index is 9.63. The molecule has 0 saturated carbocycles. The Morgan fingerprint density at radius 1 is 1.31 bits per heavy atom. The van der Waals surface area contributed by atoms with Crippen molar-refractivity contribution in [3.8, 4) is 11.5 Å². The molecule has 0 bridgehead atoms. The molecule has 0 saturated heterocycles. The molecule has 0 fully saturated rings. The van der Waals surface area contributed by atoms with Crippen LogP contribution in [0.2, 0.25) is 0 Å². The Morgan fingerprint density at radius 2 is 2.08 bits per heavy atom. The lowest BCUT2D eigenvalue weighted by Gasteiger charge is -1.93. The summed E-state index contributed by atoms with van der Waals surface area (Å²) in [6.45, 7) is 0.325. The summed E-state index contributed by atoms with van der Waals surface area (Å²) in [6.07, 6.45) is 0. The lowest BCUT2D eigenvalue weighted by molar-refractivity contribution is 0.470. The van der Waals surface area contributed by atoms with Gasteiger partial charge in [0, 0.05) is 16.6 Å². The molecule has 2 rings (SSSR count). The molecule has 68 valence electrons. The monoisotopic (exact) mass is 195 g/mol. The van der Waals surface area contributed by atoms with E-state index >= 15 is 0 Å². The second kappa shape index (κ2) is 2.90. The third kappa shape index (κ3) is 1.24. The smallest absolute Gasteiger partial charge is 0.138 e. The van der Waals surface area contributed by atoms with Crippen molar-refractivity contribution >= 4 is 21.4 Å². The lowest BCUT2D eigenvalue weighted by atomic mass is 10.2. The first-order chi connectivity index (χ1) is 6.22. The zero-order valence-corrected chi connectivity index (χ0v) is 7.64. The summed E-state index contributed by atoms with van der Waals surface area (Å²) in [5.41, 5.74) is 5.44. The Balaban J connectivity index is 2.77. The van der Waals surface area contributed by atoms with Crippen molar-refractivity contribution in [3.05, 3.63) is 23.1 Å². The van der Waals surface area contributed by atoms with Gasteiger partial charge >= 0.3 is 0 Å². The van der Waals surface area contributed by atoms with Crippen LogP contribution in [0.25, 0.3) is 10.1 Å². The van der Waals surface area contributed by atoms with Gasteiger partial charge in [0.25, 0.3) is 0 Å². The molecule has 2 aromatic rings. The van der Waals surface area contributed by atoms with E-state index in [9.17, 15) is 10.2 Å². The molecular weight excluding hydrogens is 186 g/mol. The molecule has 4 heteroatoms. The Kier molecular flexibility index (Phi) is 1.86. The number of nitrogens with two attached hydrogens (primary N) is 1. The molecule has 0 spiro atoms. The highest BCUT2D eigenvalue weighted by atomic mass is 32.1. The van der Waals surface area contributed by atoms with Gasteiger partial charge in [-0.1, -0.05) is 0 Å². The highest BCUT2D eigenvalue weighted by molar-refractivity contribution is 7.19. The van der Waals surface area contributed by atoms with Crippen molar-refractivity contribution in [2.45, 2.75) is 6.54 Å². The highest BCUT2D eigenvalue weighted by Gasteiger charge is 2.09. The Morgan fingerprint density at radius 3 is 2.77 bits per heavy atom. The first-order valence-corrected chi connectivity index (χ1v) is 4.67. The molecule has 1 heterocycles. The molecule has 0 unspecified atom stereocenters. The molecule has 1 aromatic heterocycles. The topological polar surface area (TPSA) is 66.5 Å². The van der Waals surface area contributed by atoms with Crippen LogP contribution in [0.3, 0.4) is 0 Å². The van der Waals surface area contributed by atoms with Gasteiger partial charge in [-0.05, 0) is 18.2 Å². The quantitative estimate of drug-likeness (QED) is 0.649. The number of rotatable bonds is 1. The van der Waals surface area contributed by atoms with Crippen LogP contribution in [0.5, 0.6) is 11.5 Å². The third-order valence-electron chi connectivity index (χ3n) is 1.90. The number of hydrogen-bond donors (Lipinski definition) is 3. The molecule has 0 aliphatic rings. The van der Waals surface area contributed by atoms with Crippen molar-refractivity contribution in [2.75, 3.05) is 0 Å². The number of thiophene rings is 1. The van der Waals surface area contributed by atoms with Crippen LogP contribution < -0.4 is 5.73 Å². The highest BCUT2D eigenvalue weighted by Crippen LogP contribution is 2.37. The van der Waals surface area contributed by atoms with Gasteiger partial charge < -0.3 is 15.9 Å². The summed E-state index contributed by atoms with van der Waals surface area (Å²) in [5, 5.41) is 19.5. The standard InChI is InChI=1S/C9H9NO2S/c10-4-8-9(12)6-3-5(11)1-2-7(6)13-8/h1-3,11-12H,4,10H2. The van der Waals surface area contributed by atoms with E-state index in [-0.39, 0.29) is 11.5 Å². The van der Waals surface area contributed by atoms with Gasteiger partial charge in [-0.25, -0.2) is 0 Å². The number of fused-ring (bicyclic) bond motifs is 1. The summed E-state index contributed by atoms with van der Waals surface area (Å²) < 4.78 is 0.941. The van der Waals surface area contributed by atoms with Crippen molar-refractivity contribution in [3.63, 3.8) is 0 Å². The van der Waals surface area contributed by atoms with Gasteiger partial charge in [0.15, 0.2) is 0 Å². The van der Waals surface area contributed by atoms with Gasteiger partial charge in [0.05, 0.1) is 4.88 Å². The van der Waals surface area contributed by atoms with Crippen LogP contribution in [0, 0.1) is 0 Å². The van der Waals surface area contributed by atoms with Gasteiger partial charge in [0.1, 0.15) is 11.5 Å². The van der Waals surface area contributed by atoms with Gasteiger partial charge in [0.2, 0.25) is 0 Å². The SMILES string of the molecule is NCc1sc2ccc(O)cc2c1O. The maximum Gasteiger partial charge on any atom is 0.138 e. The van der Waals surface area contributed by atoms with Crippen LogP contribution in [0.4, 0.5) is 0 Å². The number of hydrogen-bond acceptors (Lipinski definition) is 4. The van der Waals surface area contributed by atoms with Crippen molar-refractivity contribution < 1.29 is 10.2 Å². The average molecular weight is 195 g/mol. The molecule has 0 radical (unpaired) electrons. The van der Waals surface area contributed by atoms with Crippen LogP contribution in [0.15, 0.2) is 18.2 Å². The zero-order chi connectivity index (χ0) is 9.42. The molecule has 13 heavy (non-hydrogen) atoms. The first-order valence-electron chi connectivity index (χ1n) is 3.86. The van der Waals surface area contributed by atoms with E-state index in [2.05, 4.69) is 0 Å². The van der Waals surface area contributed by atoms with Crippen LogP contribution >= 0.6 is 11.3 Å². The predicted octanol–water partition coefficient (Wildman–Crippen LogP) is 1.77. The molecule has 1 aromatic carbocycles. The molecule has 0 aliphatic heterocycles. The Labute approximate surface area is 79.0 Å². The summed E-state index contributed by atoms with van der Waals surface area (Å²) in [6, 6.07) is 4.91. The van der Waals surface area contributed by atoms with Crippen molar-refractivity contribution in [1.29, 1.82) is 0 Å². The van der Waals surface area contributed by atoms with Crippen LogP contribution in [0.1, 0.15) is 4.88 Å². The third-order valence-corrected chi connectivity index (χ3v) is 3.08. The van der Waals surface area contributed by atoms with Gasteiger partial charge in [-0.15, -0.1) is 11.3 Å². The second-order valence-corrected chi connectivity index (χ2v) is 3.90. The Bertz CT molecular complexity index is 450. The van der Waals surface area contributed by atoms with E-state index < -0.39 is 0 Å². The molecule has 4 N–H and O–H groups in total. The van der Waals surface area contributed by atoms with E-state index in [1.807, 2.05) is 0 Å². The zero-order valence-electron chi connectivity index (χ0n) is 6.82.